The molecule has 6 atom stereocenters. The molecule has 1 saturated heterocycles. The van der Waals surface area contributed by atoms with Crippen LogP contribution < -0.4 is 5.32 Å². The lowest BCUT2D eigenvalue weighted by molar-refractivity contribution is -0.141. The normalized spacial score (nSPS) is 31.2. The van der Waals surface area contributed by atoms with Gasteiger partial charge in [0.2, 0.25) is 11.8 Å². The first-order valence-electron chi connectivity index (χ1n) is 16.5. The molecule has 0 aromatic heterocycles. The number of carbonyl (C=O) groups is 2. The maximum atomic E-state index is 13.7. The van der Waals surface area contributed by atoms with E-state index in [0.717, 1.165) is 57.2 Å². The van der Waals surface area contributed by atoms with E-state index in [-0.39, 0.29) is 23.1 Å². The molecule has 1 aliphatic heterocycles. The fraction of sp³-hybridized carbons (Fsp3) is 0.611. The molecule has 7 nitrogen and oxygen atoms in total. The van der Waals surface area contributed by atoms with E-state index >= 15 is 0 Å². The van der Waals surface area contributed by atoms with E-state index in [2.05, 4.69) is 23.2 Å². The van der Waals surface area contributed by atoms with Gasteiger partial charge in [-0.25, -0.2) is 0 Å². The molecule has 7 heteroatoms. The van der Waals surface area contributed by atoms with Gasteiger partial charge in [-0.2, -0.15) is 0 Å². The van der Waals surface area contributed by atoms with Gasteiger partial charge in [-0.15, -0.1) is 0 Å². The molecule has 2 saturated carbocycles. The quantitative estimate of drug-likeness (QED) is 0.444. The summed E-state index contributed by atoms with van der Waals surface area (Å²) in [5.74, 6) is 1.67. The third-order valence-electron chi connectivity index (χ3n) is 11.6. The number of rotatable bonds is 7. The Morgan fingerprint density at radius 2 is 1.74 bits per heavy atom. The maximum Gasteiger partial charge on any atom is 0.245 e. The van der Waals surface area contributed by atoms with Gasteiger partial charge < -0.3 is 20.4 Å². The van der Waals surface area contributed by atoms with Crippen LogP contribution in [0.1, 0.15) is 75.5 Å². The van der Waals surface area contributed by atoms with Crippen molar-refractivity contribution in [3.63, 3.8) is 0 Å². The molecule has 3 N–H and O–H groups in total. The van der Waals surface area contributed by atoms with Crippen molar-refractivity contribution in [2.75, 3.05) is 32.7 Å². The molecule has 0 spiro atoms. The lowest BCUT2D eigenvalue weighted by atomic mass is 9.53. The SMILES string of the molecule is CC(C)C(=O)N[C@@H](Cc1ccccc1)C(=O)N1CCN(C[C@]2(O)CC[C@H]3[C@@H]4CCc5cc(O)ccc5[C@H]4CC[C@@]32C)CC1. The van der Waals surface area contributed by atoms with Crippen LogP contribution in [0.3, 0.4) is 0 Å². The van der Waals surface area contributed by atoms with Crippen molar-refractivity contribution in [1.82, 2.24) is 15.1 Å². The summed E-state index contributed by atoms with van der Waals surface area (Å²) in [6.45, 7) is 9.37. The number of benzene rings is 2. The standard InChI is InChI=1S/C36H49N3O4/c1-24(2)33(41)37-32(21-25-7-5-4-6-8-25)34(42)39-19-17-38(18-20-39)23-36(43)16-14-31-30-11-9-26-22-27(40)10-12-28(26)29(30)13-15-35(31,36)3/h4-8,10,12,22,24,29-32,40,43H,9,11,13-21,23H2,1-3H3,(H,37,41)/t29-,30-,31+,32+,35+,36-/m1/s1. The Bertz CT molecular complexity index is 1320. The van der Waals surface area contributed by atoms with Crippen LogP contribution in [-0.4, -0.2) is 76.2 Å². The number of phenols is 1. The molecule has 1 heterocycles. The molecule has 3 fully saturated rings. The highest BCUT2D eigenvalue weighted by Gasteiger charge is 2.61. The second-order valence-corrected chi connectivity index (χ2v) is 14.3. The lowest BCUT2D eigenvalue weighted by Gasteiger charge is -2.54. The van der Waals surface area contributed by atoms with E-state index in [9.17, 15) is 19.8 Å². The van der Waals surface area contributed by atoms with Crippen LogP contribution in [0.15, 0.2) is 48.5 Å². The molecule has 43 heavy (non-hydrogen) atoms. The van der Waals surface area contributed by atoms with Gasteiger partial charge in [-0.1, -0.05) is 57.2 Å². The highest BCUT2D eigenvalue weighted by Crippen LogP contribution is 2.64. The summed E-state index contributed by atoms with van der Waals surface area (Å²) in [4.78, 5) is 30.5. The Labute approximate surface area is 256 Å². The number of aromatic hydroxyl groups is 1. The summed E-state index contributed by atoms with van der Waals surface area (Å²) >= 11 is 0. The number of aryl methyl sites for hydroxylation is 1. The average Bonchev–Trinajstić information content (AvgIpc) is 3.26. The highest BCUT2D eigenvalue weighted by molar-refractivity contribution is 5.88. The third-order valence-corrected chi connectivity index (χ3v) is 11.6. The second kappa shape index (κ2) is 11.9. The Hall–Kier alpha value is -2.90. The minimum Gasteiger partial charge on any atom is -0.508 e. The zero-order valence-corrected chi connectivity index (χ0v) is 26.1. The van der Waals surface area contributed by atoms with Crippen LogP contribution in [0.5, 0.6) is 5.75 Å². The summed E-state index contributed by atoms with van der Waals surface area (Å²) in [5.41, 5.74) is 2.91. The minimum atomic E-state index is -0.731. The van der Waals surface area contributed by atoms with Crippen molar-refractivity contribution in [2.24, 2.45) is 23.2 Å². The smallest absolute Gasteiger partial charge is 0.245 e. The molecular weight excluding hydrogens is 538 g/mol. The van der Waals surface area contributed by atoms with E-state index < -0.39 is 11.6 Å². The number of hydrogen-bond donors (Lipinski definition) is 3. The third kappa shape index (κ3) is 5.71. The molecular formula is C36H49N3O4. The van der Waals surface area contributed by atoms with Crippen molar-refractivity contribution in [2.45, 2.75) is 83.3 Å². The summed E-state index contributed by atoms with van der Waals surface area (Å²) < 4.78 is 0. The first kappa shape index (κ1) is 30.1. The fourth-order valence-electron chi connectivity index (χ4n) is 9.04. The zero-order chi connectivity index (χ0) is 30.4. The monoisotopic (exact) mass is 587 g/mol. The van der Waals surface area contributed by atoms with Crippen molar-refractivity contribution in [3.8, 4) is 5.75 Å². The number of piperazine rings is 1. The number of β-amino-alcohol motifs (C(OH)–C–C–N with tert-alkyl or cyclic N) is 1. The van der Waals surface area contributed by atoms with Gasteiger partial charge in [0.25, 0.3) is 0 Å². The number of nitrogens with zero attached hydrogens (tertiary/aromatic N) is 2. The van der Waals surface area contributed by atoms with Crippen molar-refractivity contribution < 1.29 is 19.8 Å². The van der Waals surface area contributed by atoms with Gasteiger partial charge >= 0.3 is 0 Å². The van der Waals surface area contributed by atoms with Crippen LogP contribution in [0.2, 0.25) is 0 Å². The Kier molecular flexibility index (Phi) is 8.33. The molecule has 0 unspecified atom stereocenters. The summed E-state index contributed by atoms with van der Waals surface area (Å²) in [6, 6.07) is 15.2. The van der Waals surface area contributed by atoms with Crippen LogP contribution in [0.4, 0.5) is 0 Å². The lowest BCUT2D eigenvalue weighted by Crippen LogP contribution is -2.60. The molecule has 2 amide bonds. The molecule has 232 valence electrons. The maximum absolute atomic E-state index is 13.7. The van der Waals surface area contributed by atoms with Crippen LogP contribution in [0, 0.1) is 23.2 Å². The molecule has 3 aliphatic carbocycles. The number of nitrogens with one attached hydrogen (secondary N) is 1. The number of fused-ring (bicyclic) bond motifs is 5. The molecule has 0 bridgehead atoms. The van der Waals surface area contributed by atoms with Crippen LogP contribution >= 0.6 is 0 Å². The van der Waals surface area contributed by atoms with Crippen molar-refractivity contribution in [3.05, 3.63) is 65.2 Å². The predicted octanol–water partition coefficient (Wildman–Crippen LogP) is 4.51. The molecule has 4 aliphatic rings. The molecule has 2 aromatic rings. The number of aliphatic hydroxyl groups is 1. The van der Waals surface area contributed by atoms with Crippen molar-refractivity contribution >= 4 is 11.8 Å². The van der Waals surface area contributed by atoms with Crippen LogP contribution in [-0.2, 0) is 22.4 Å². The largest absolute Gasteiger partial charge is 0.508 e. The van der Waals surface area contributed by atoms with E-state index in [1.807, 2.05) is 61.2 Å². The van der Waals surface area contributed by atoms with E-state index in [4.69, 9.17) is 0 Å². The van der Waals surface area contributed by atoms with Crippen LogP contribution in [0.25, 0.3) is 0 Å². The predicted molar refractivity (Wildman–Crippen MR) is 168 cm³/mol. The number of carbonyl (C=O) groups excluding carboxylic acids is 2. The van der Waals surface area contributed by atoms with Gasteiger partial charge in [0.05, 0.1) is 5.60 Å². The molecule has 6 rings (SSSR count). The van der Waals surface area contributed by atoms with Gasteiger partial charge in [-0.3, -0.25) is 14.5 Å². The van der Waals surface area contributed by atoms with Crippen molar-refractivity contribution in [1.29, 1.82) is 0 Å². The van der Waals surface area contributed by atoms with Gasteiger partial charge in [-0.05, 0) is 85.1 Å². The average molecular weight is 588 g/mol. The minimum absolute atomic E-state index is 0.0201. The Morgan fingerprint density at radius 3 is 2.47 bits per heavy atom. The summed E-state index contributed by atoms with van der Waals surface area (Å²) in [6.07, 6.45) is 6.63. The Morgan fingerprint density at radius 1 is 1.00 bits per heavy atom. The number of hydrogen-bond acceptors (Lipinski definition) is 5. The fourth-order valence-corrected chi connectivity index (χ4v) is 9.04. The second-order valence-electron chi connectivity index (χ2n) is 14.3. The molecule has 0 radical (unpaired) electrons. The number of phenolic OH excluding ortho intramolecular Hbond substituents is 1. The topological polar surface area (TPSA) is 93.1 Å². The first-order chi connectivity index (χ1) is 20.6. The molecule has 2 aromatic carbocycles. The van der Waals surface area contributed by atoms with Gasteiger partial charge in [0.1, 0.15) is 11.8 Å². The van der Waals surface area contributed by atoms with Gasteiger partial charge in [0, 0.05) is 50.5 Å². The Balaban J connectivity index is 1.09. The summed E-state index contributed by atoms with van der Waals surface area (Å²) in [5, 5.41) is 25.3. The zero-order valence-electron chi connectivity index (χ0n) is 26.1. The number of amides is 2. The van der Waals surface area contributed by atoms with Gasteiger partial charge in [0.15, 0.2) is 0 Å². The first-order valence-corrected chi connectivity index (χ1v) is 16.5. The highest BCUT2D eigenvalue weighted by atomic mass is 16.3. The summed E-state index contributed by atoms with van der Waals surface area (Å²) in [7, 11) is 0. The van der Waals surface area contributed by atoms with E-state index in [1.54, 1.807) is 0 Å². The van der Waals surface area contributed by atoms with E-state index in [1.165, 1.54) is 11.1 Å². The van der Waals surface area contributed by atoms with E-state index in [0.29, 0.717) is 49.6 Å².